The van der Waals surface area contributed by atoms with Crippen molar-refractivity contribution in [2.75, 3.05) is 18.0 Å². The van der Waals surface area contributed by atoms with E-state index >= 15 is 0 Å². The second-order valence-corrected chi connectivity index (χ2v) is 9.80. The summed E-state index contributed by atoms with van der Waals surface area (Å²) < 4.78 is 0. The van der Waals surface area contributed by atoms with E-state index in [0.29, 0.717) is 11.5 Å². The summed E-state index contributed by atoms with van der Waals surface area (Å²) in [5.41, 5.74) is 5.71. The summed E-state index contributed by atoms with van der Waals surface area (Å²) in [6.45, 7) is 3.40. The van der Waals surface area contributed by atoms with E-state index in [1.54, 1.807) is 6.07 Å². The number of carbonyl (C=O) groups excluding carboxylic acids is 1. The Balaban J connectivity index is 1.22. The Bertz CT molecular complexity index is 1350. The number of aliphatic hydroxyl groups excluding tert-OH is 1. The molecule has 0 unspecified atom stereocenters. The highest BCUT2D eigenvalue weighted by atomic mass is 16.4. The molecule has 0 bridgehead atoms. The highest BCUT2D eigenvalue weighted by molar-refractivity contribution is 6.01. The molecule has 1 fully saturated rings. The van der Waals surface area contributed by atoms with Gasteiger partial charge in [-0.1, -0.05) is 42.2 Å². The summed E-state index contributed by atoms with van der Waals surface area (Å²) in [6.07, 6.45) is 0.903. The van der Waals surface area contributed by atoms with Crippen molar-refractivity contribution in [2.45, 2.75) is 44.4 Å². The molecule has 3 aromatic carbocycles. The predicted octanol–water partition coefficient (Wildman–Crippen LogP) is 4.26. The zero-order chi connectivity index (χ0) is 25.9. The number of rotatable bonds is 5. The molecule has 0 saturated carbocycles. The van der Waals surface area contributed by atoms with Crippen molar-refractivity contribution >= 4 is 17.6 Å². The first-order chi connectivity index (χ1) is 17.9. The Morgan fingerprint density at radius 1 is 0.946 bits per heavy atom. The van der Waals surface area contributed by atoms with E-state index in [0.717, 1.165) is 48.3 Å². The molecule has 6 heteroatoms. The zero-order valence-electron chi connectivity index (χ0n) is 20.8. The lowest BCUT2D eigenvalue weighted by Crippen LogP contribution is -2.48. The SMILES string of the molecule is C[C@@H](O)[C@@H](C(=O)O)N1Cc2cc(N3CCC(c4ccc(C#Cc5ccccc5)cc4)CC3)ccc2C1=O. The zero-order valence-corrected chi connectivity index (χ0v) is 20.8. The maximum Gasteiger partial charge on any atom is 0.329 e. The number of piperidine rings is 1. The van der Waals surface area contributed by atoms with Crippen LogP contribution in [0.5, 0.6) is 0 Å². The average Bonchev–Trinajstić information content (AvgIpc) is 3.23. The lowest BCUT2D eigenvalue weighted by atomic mass is 9.88. The van der Waals surface area contributed by atoms with Gasteiger partial charge >= 0.3 is 5.97 Å². The van der Waals surface area contributed by atoms with E-state index in [4.69, 9.17) is 0 Å². The number of hydrogen-bond donors (Lipinski definition) is 2. The maximum absolute atomic E-state index is 12.8. The molecule has 2 heterocycles. The molecule has 2 aliphatic heterocycles. The molecule has 5 rings (SSSR count). The third-order valence-electron chi connectivity index (χ3n) is 7.33. The summed E-state index contributed by atoms with van der Waals surface area (Å²) in [5.74, 6) is 5.38. The third kappa shape index (κ3) is 5.23. The van der Waals surface area contributed by atoms with Gasteiger partial charge in [0.25, 0.3) is 5.91 Å². The first kappa shape index (κ1) is 24.6. The van der Waals surface area contributed by atoms with Crippen LogP contribution in [0, 0.1) is 11.8 Å². The van der Waals surface area contributed by atoms with Gasteiger partial charge in [0.2, 0.25) is 0 Å². The molecule has 0 aromatic heterocycles. The van der Waals surface area contributed by atoms with Gasteiger partial charge in [-0.3, -0.25) is 4.79 Å². The van der Waals surface area contributed by atoms with E-state index in [1.807, 2.05) is 42.5 Å². The standard InChI is InChI=1S/C31H30N2O4/c1-21(34)29(31(36)37)33-20-26-19-27(13-14-28(26)30(33)35)32-17-15-25(16-18-32)24-11-9-23(10-12-24)8-7-22-5-3-2-4-6-22/h2-6,9-14,19,21,25,29,34H,15-18,20H2,1H3,(H,36,37)/t21-,29+/m1/s1. The fourth-order valence-corrected chi connectivity index (χ4v) is 5.33. The van der Waals surface area contributed by atoms with Crippen LogP contribution in [0.3, 0.4) is 0 Å². The van der Waals surface area contributed by atoms with Crippen molar-refractivity contribution in [1.82, 2.24) is 4.90 Å². The van der Waals surface area contributed by atoms with Crippen LogP contribution >= 0.6 is 0 Å². The van der Waals surface area contributed by atoms with Crippen LogP contribution < -0.4 is 4.90 Å². The number of hydrogen-bond acceptors (Lipinski definition) is 4. The van der Waals surface area contributed by atoms with Crippen LogP contribution in [0.1, 0.15) is 58.3 Å². The summed E-state index contributed by atoms with van der Waals surface area (Å²) in [5, 5.41) is 19.4. The third-order valence-corrected chi connectivity index (χ3v) is 7.33. The van der Waals surface area contributed by atoms with Gasteiger partial charge in [-0.25, -0.2) is 4.79 Å². The van der Waals surface area contributed by atoms with Crippen molar-refractivity contribution in [1.29, 1.82) is 0 Å². The summed E-state index contributed by atoms with van der Waals surface area (Å²) in [7, 11) is 0. The number of carboxylic acids is 1. The van der Waals surface area contributed by atoms with Gasteiger partial charge in [0.1, 0.15) is 0 Å². The first-order valence-electron chi connectivity index (χ1n) is 12.7. The Labute approximate surface area is 217 Å². The number of carboxylic acid groups (broad SMARTS) is 1. The van der Waals surface area contributed by atoms with Crippen LogP contribution in [-0.2, 0) is 11.3 Å². The smallest absolute Gasteiger partial charge is 0.329 e. The average molecular weight is 495 g/mol. The molecule has 37 heavy (non-hydrogen) atoms. The molecular formula is C31H30N2O4. The fraction of sp³-hybridized carbons (Fsp3) is 0.290. The molecule has 0 radical (unpaired) electrons. The van der Waals surface area contributed by atoms with Gasteiger partial charge in [0.05, 0.1) is 6.10 Å². The van der Waals surface area contributed by atoms with Gasteiger partial charge in [-0.2, -0.15) is 0 Å². The van der Waals surface area contributed by atoms with E-state index in [-0.39, 0.29) is 12.5 Å². The fourth-order valence-electron chi connectivity index (χ4n) is 5.33. The molecule has 6 nitrogen and oxygen atoms in total. The number of benzene rings is 3. The molecule has 2 atom stereocenters. The Kier molecular flexibility index (Phi) is 6.98. The van der Waals surface area contributed by atoms with Gasteiger partial charge in [-0.15, -0.1) is 0 Å². The monoisotopic (exact) mass is 494 g/mol. The van der Waals surface area contributed by atoms with E-state index in [1.165, 1.54) is 17.4 Å². The van der Waals surface area contributed by atoms with E-state index in [2.05, 4.69) is 41.0 Å². The highest BCUT2D eigenvalue weighted by Crippen LogP contribution is 2.34. The molecule has 2 aliphatic rings. The lowest BCUT2D eigenvalue weighted by Gasteiger charge is -2.34. The quantitative estimate of drug-likeness (QED) is 0.518. The molecule has 2 N–H and O–H groups in total. The molecule has 1 amide bonds. The summed E-state index contributed by atoms with van der Waals surface area (Å²) in [6, 6.07) is 23.0. The number of fused-ring (bicyclic) bond motifs is 1. The molecule has 1 saturated heterocycles. The van der Waals surface area contributed by atoms with E-state index in [9.17, 15) is 19.8 Å². The molecule has 3 aromatic rings. The van der Waals surface area contributed by atoms with Crippen molar-refractivity contribution < 1.29 is 19.8 Å². The topological polar surface area (TPSA) is 81.1 Å². The molecular weight excluding hydrogens is 464 g/mol. The molecule has 188 valence electrons. The minimum absolute atomic E-state index is 0.194. The number of aliphatic hydroxyl groups is 1. The first-order valence-corrected chi connectivity index (χ1v) is 12.7. The summed E-state index contributed by atoms with van der Waals surface area (Å²) >= 11 is 0. The number of amides is 1. The predicted molar refractivity (Wildman–Crippen MR) is 142 cm³/mol. The Morgan fingerprint density at radius 3 is 2.22 bits per heavy atom. The second kappa shape index (κ2) is 10.5. The van der Waals surface area contributed by atoms with Crippen LogP contribution in [0.25, 0.3) is 0 Å². The summed E-state index contributed by atoms with van der Waals surface area (Å²) in [4.78, 5) is 28.0. The minimum Gasteiger partial charge on any atom is -0.480 e. The number of anilines is 1. The Morgan fingerprint density at radius 2 is 1.59 bits per heavy atom. The van der Waals surface area contributed by atoms with Crippen LogP contribution in [0.2, 0.25) is 0 Å². The van der Waals surface area contributed by atoms with Crippen molar-refractivity contribution in [3.05, 3.63) is 101 Å². The normalized spacial score (nSPS) is 17.1. The number of carbonyl (C=O) groups is 2. The maximum atomic E-state index is 12.8. The van der Waals surface area contributed by atoms with Crippen molar-refractivity contribution in [2.24, 2.45) is 0 Å². The molecule has 0 aliphatic carbocycles. The van der Waals surface area contributed by atoms with Crippen molar-refractivity contribution in [3.8, 4) is 11.8 Å². The lowest BCUT2D eigenvalue weighted by molar-refractivity contribution is -0.146. The Hall–Kier alpha value is -4.08. The van der Waals surface area contributed by atoms with E-state index < -0.39 is 18.1 Å². The molecule has 0 spiro atoms. The van der Waals surface area contributed by atoms with Gasteiger partial charge in [0, 0.05) is 42.0 Å². The number of aliphatic carboxylic acids is 1. The van der Waals surface area contributed by atoms with Gasteiger partial charge in [0.15, 0.2) is 6.04 Å². The van der Waals surface area contributed by atoms with Gasteiger partial charge < -0.3 is 20.0 Å². The second-order valence-electron chi connectivity index (χ2n) is 9.80. The van der Waals surface area contributed by atoms with Crippen LogP contribution in [0.15, 0.2) is 72.8 Å². The van der Waals surface area contributed by atoms with Crippen LogP contribution in [-0.4, -0.2) is 52.2 Å². The van der Waals surface area contributed by atoms with Gasteiger partial charge in [-0.05, 0) is 79.3 Å². The van der Waals surface area contributed by atoms with Crippen molar-refractivity contribution in [3.63, 3.8) is 0 Å². The largest absolute Gasteiger partial charge is 0.480 e. The van der Waals surface area contributed by atoms with Crippen LogP contribution in [0.4, 0.5) is 5.69 Å². The minimum atomic E-state index is -1.25. The number of nitrogens with zero attached hydrogens (tertiary/aromatic N) is 2. The highest BCUT2D eigenvalue weighted by Gasteiger charge is 2.39.